The number of carbonyl (C=O) groups excluding carboxylic acids is 3. The lowest BCUT2D eigenvalue weighted by molar-refractivity contribution is -0.137. The molecular formula is C37H29ClF8N4O4S. The van der Waals surface area contributed by atoms with E-state index in [1.807, 2.05) is 0 Å². The molecule has 18 heteroatoms. The predicted octanol–water partition coefficient (Wildman–Crippen LogP) is 9.29. The monoisotopic (exact) mass is 812 g/mol. The zero-order chi connectivity index (χ0) is 39.9. The van der Waals surface area contributed by atoms with Gasteiger partial charge in [0.15, 0.2) is 0 Å². The second-order valence-electron chi connectivity index (χ2n) is 12.0. The number of anilines is 2. The Bertz CT molecular complexity index is 2100. The number of thioether (sulfide) groups is 1. The van der Waals surface area contributed by atoms with Crippen LogP contribution >= 0.6 is 23.4 Å². The molecule has 0 radical (unpaired) electrons. The summed E-state index contributed by atoms with van der Waals surface area (Å²) in [7, 11) is 0. The highest BCUT2D eigenvalue weighted by Crippen LogP contribution is 2.35. The van der Waals surface area contributed by atoms with E-state index < -0.39 is 75.8 Å². The van der Waals surface area contributed by atoms with Crippen LogP contribution in [0.4, 0.5) is 46.5 Å². The number of carbonyl (C=O) groups is 3. The number of hydrogen-bond donors (Lipinski definition) is 2. The number of hydrogen-bond acceptors (Lipinski definition) is 7. The Kier molecular flexibility index (Phi) is 13.4. The normalized spacial score (nSPS) is 13.2. The molecule has 290 valence electrons. The fourth-order valence-electron chi connectivity index (χ4n) is 5.43. The number of hydrazone groups is 1. The van der Waals surface area contributed by atoms with Gasteiger partial charge in [0.2, 0.25) is 34.8 Å². The summed E-state index contributed by atoms with van der Waals surface area (Å²) in [5, 5.41) is 6.04. The molecule has 1 aliphatic rings. The van der Waals surface area contributed by atoms with Gasteiger partial charge >= 0.3 is 12.1 Å². The summed E-state index contributed by atoms with van der Waals surface area (Å²) in [5.41, 5.74) is 2.94. The van der Waals surface area contributed by atoms with Crippen molar-refractivity contribution in [3.63, 3.8) is 0 Å². The van der Waals surface area contributed by atoms with Crippen molar-refractivity contribution in [3.05, 3.63) is 123 Å². The quantitative estimate of drug-likeness (QED) is 0.0216. The van der Waals surface area contributed by atoms with Crippen LogP contribution in [0.3, 0.4) is 0 Å². The van der Waals surface area contributed by atoms with Crippen molar-refractivity contribution in [2.24, 2.45) is 5.10 Å². The van der Waals surface area contributed by atoms with E-state index in [-0.39, 0.29) is 33.9 Å². The Morgan fingerprint density at radius 1 is 0.855 bits per heavy atom. The van der Waals surface area contributed by atoms with E-state index in [4.69, 9.17) is 11.6 Å². The summed E-state index contributed by atoms with van der Waals surface area (Å²) >= 11 is 6.84. The van der Waals surface area contributed by atoms with Gasteiger partial charge in [0.05, 0.1) is 34.5 Å². The molecule has 8 nitrogen and oxygen atoms in total. The summed E-state index contributed by atoms with van der Waals surface area (Å²) in [4.78, 5) is 41.0. The molecule has 4 aromatic rings. The van der Waals surface area contributed by atoms with E-state index >= 15 is 0 Å². The summed E-state index contributed by atoms with van der Waals surface area (Å²) < 4.78 is 112. The number of piperidine rings is 1. The molecular weight excluding hydrogens is 784 g/mol. The Labute approximate surface area is 317 Å². The van der Waals surface area contributed by atoms with Crippen LogP contribution in [0.5, 0.6) is 5.75 Å². The third-order valence-electron chi connectivity index (χ3n) is 8.19. The molecule has 0 unspecified atom stereocenters. The standard InChI is InChI=1S/C37H29ClF8N4O4S/c38-26-9-7-20(16-25(26)37(44,45)46)18-47-49-36(53)24-17-23(50-12-2-1-3-13-50)8-10-27(24)48-35(52)22-6-4-5-21(15-22)19-55-14-11-28(51)54-34-32(42)30(40)29(39)31(41)33(34)43/h4-10,15-18H,1-3,11-14,19H2,(H,48,52)(H,49,53). The van der Waals surface area contributed by atoms with E-state index in [0.29, 0.717) is 5.56 Å². The molecule has 2 amide bonds. The number of amides is 2. The van der Waals surface area contributed by atoms with Crippen LogP contribution in [0.1, 0.15) is 63.1 Å². The minimum absolute atomic E-state index is 0.0229. The lowest BCUT2D eigenvalue weighted by atomic mass is 10.1. The molecule has 1 fully saturated rings. The first-order chi connectivity index (χ1) is 26.1. The molecule has 4 aromatic carbocycles. The van der Waals surface area contributed by atoms with Crippen molar-refractivity contribution in [2.45, 2.75) is 37.6 Å². The number of nitrogens with zero attached hydrogens (tertiary/aromatic N) is 2. The first kappa shape index (κ1) is 41.0. The largest absolute Gasteiger partial charge is 0.420 e. The summed E-state index contributed by atoms with van der Waals surface area (Å²) in [5.74, 6) is -15.4. The highest BCUT2D eigenvalue weighted by atomic mass is 35.5. The molecule has 1 aliphatic heterocycles. The molecule has 0 aromatic heterocycles. The zero-order valence-electron chi connectivity index (χ0n) is 28.3. The van der Waals surface area contributed by atoms with Crippen LogP contribution < -0.4 is 20.4 Å². The number of alkyl halides is 3. The second kappa shape index (κ2) is 18.0. The van der Waals surface area contributed by atoms with Crippen molar-refractivity contribution >= 4 is 58.7 Å². The van der Waals surface area contributed by atoms with Crippen molar-refractivity contribution in [1.82, 2.24) is 5.43 Å². The van der Waals surface area contributed by atoms with Crippen LogP contribution in [0.2, 0.25) is 5.02 Å². The number of nitrogens with one attached hydrogen (secondary N) is 2. The molecule has 0 atom stereocenters. The highest BCUT2D eigenvalue weighted by molar-refractivity contribution is 7.98. The maximum absolute atomic E-state index is 13.8. The Balaban J connectivity index is 1.24. The molecule has 0 spiro atoms. The topological polar surface area (TPSA) is 100 Å². The van der Waals surface area contributed by atoms with Gasteiger partial charge in [-0.25, -0.2) is 18.6 Å². The molecule has 1 saturated heterocycles. The minimum atomic E-state index is -4.70. The van der Waals surface area contributed by atoms with Gasteiger partial charge in [-0.2, -0.15) is 38.8 Å². The average Bonchev–Trinajstić information content (AvgIpc) is 3.17. The van der Waals surface area contributed by atoms with Gasteiger partial charge in [-0.05, 0) is 72.9 Å². The van der Waals surface area contributed by atoms with Gasteiger partial charge in [-0.3, -0.25) is 14.4 Å². The lowest BCUT2D eigenvalue weighted by Crippen LogP contribution is -2.30. The molecule has 1 heterocycles. The molecule has 5 rings (SSSR count). The van der Waals surface area contributed by atoms with Gasteiger partial charge in [-0.1, -0.05) is 29.8 Å². The Morgan fingerprint density at radius 2 is 1.55 bits per heavy atom. The maximum Gasteiger partial charge on any atom is 0.417 e. The van der Waals surface area contributed by atoms with Crippen molar-refractivity contribution < 1.29 is 54.2 Å². The highest BCUT2D eigenvalue weighted by Gasteiger charge is 2.33. The van der Waals surface area contributed by atoms with Gasteiger partial charge in [-0.15, -0.1) is 0 Å². The maximum atomic E-state index is 13.8. The zero-order valence-corrected chi connectivity index (χ0v) is 29.9. The van der Waals surface area contributed by atoms with Crippen molar-refractivity contribution in [1.29, 1.82) is 0 Å². The predicted molar refractivity (Wildman–Crippen MR) is 191 cm³/mol. The third-order valence-corrected chi connectivity index (χ3v) is 9.55. The number of rotatable bonds is 12. The van der Waals surface area contributed by atoms with Crippen LogP contribution in [0.15, 0.2) is 65.8 Å². The molecule has 0 aliphatic carbocycles. The van der Waals surface area contributed by atoms with Gasteiger partial charge in [0.1, 0.15) is 0 Å². The minimum Gasteiger partial charge on any atom is -0.420 e. The first-order valence-electron chi connectivity index (χ1n) is 16.4. The molecule has 2 N–H and O–H groups in total. The fraction of sp³-hybridized carbons (Fsp3) is 0.243. The Hall–Kier alpha value is -5.16. The molecule has 0 bridgehead atoms. The van der Waals surface area contributed by atoms with E-state index in [1.54, 1.807) is 36.4 Å². The number of ether oxygens (including phenoxy) is 1. The average molecular weight is 813 g/mol. The van der Waals surface area contributed by atoms with Gasteiger partial charge in [0.25, 0.3) is 11.8 Å². The SMILES string of the molecule is O=C(CCSCc1cccc(C(=O)Nc2ccc(N3CCCCC3)cc2C(=O)NN=Cc2ccc(Cl)c(C(F)(F)F)c2)c1)Oc1c(F)c(F)c(F)c(F)c1F. The molecule has 55 heavy (non-hydrogen) atoms. The number of halogens is 9. The fourth-order valence-corrected chi connectivity index (χ4v) is 6.52. The van der Waals surface area contributed by atoms with E-state index in [2.05, 4.69) is 25.5 Å². The lowest BCUT2D eigenvalue weighted by Gasteiger charge is -2.29. The summed E-state index contributed by atoms with van der Waals surface area (Å²) in [6.45, 7) is 1.50. The summed E-state index contributed by atoms with van der Waals surface area (Å²) in [6, 6.07) is 14.4. The van der Waals surface area contributed by atoms with Gasteiger partial charge < -0.3 is 15.0 Å². The van der Waals surface area contributed by atoms with E-state index in [9.17, 15) is 49.5 Å². The number of benzene rings is 4. The van der Waals surface area contributed by atoms with Gasteiger partial charge in [0, 0.05) is 35.8 Å². The van der Waals surface area contributed by atoms with Crippen molar-refractivity contribution in [3.8, 4) is 5.75 Å². The van der Waals surface area contributed by atoms with Crippen LogP contribution in [-0.4, -0.2) is 42.8 Å². The van der Waals surface area contributed by atoms with Crippen LogP contribution in [-0.2, 0) is 16.7 Å². The van der Waals surface area contributed by atoms with Crippen LogP contribution in [0, 0.1) is 29.1 Å². The van der Waals surface area contributed by atoms with E-state index in [0.717, 1.165) is 68.1 Å². The second-order valence-corrected chi connectivity index (χ2v) is 13.6. The smallest absolute Gasteiger partial charge is 0.417 e. The summed E-state index contributed by atoms with van der Waals surface area (Å²) in [6.07, 6.45) is -1.17. The van der Waals surface area contributed by atoms with E-state index in [1.165, 1.54) is 12.1 Å². The third kappa shape index (κ3) is 10.3. The number of esters is 1. The van der Waals surface area contributed by atoms with Crippen molar-refractivity contribution in [2.75, 3.05) is 29.1 Å². The Morgan fingerprint density at radius 3 is 2.24 bits per heavy atom. The first-order valence-corrected chi connectivity index (χ1v) is 18.0. The molecule has 0 saturated carbocycles. The van der Waals surface area contributed by atoms with Crippen LogP contribution in [0.25, 0.3) is 0 Å².